The Labute approximate surface area is 146 Å². The van der Waals surface area contributed by atoms with Crippen LogP contribution in [0.2, 0.25) is 0 Å². The summed E-state index contributed by atoms with van der Waals surface area (Å²) >= 11 is 0. The van der Waals surface area contributed by atoms with E-state index in [1.807, 2.05) is 19.2 Å². The predicted octanol–water partition coefficient (Wildman–Crippen LogP) is 2.61. The number of nitrogens with zero attached hydrogens (tertiary/aromatic N) is 3. The smallest absolute Gasteiger partial charge is 0.193 e. The Balaban J connectivity index is 2.05. The van der Waals surface area contributed by atoms with Crippen molar-refractivity contribution < 1.29 is 4.74 Å². The zero-order valence-electron chi connectivity index (χ0n) is 16.0. The van der Waals surface area contributed by atoms with Gasteiger partial charge in [0.2, 0.25) is 0 Å². The van der Waals surface area contributed by atoms with E-state index in [1.165, 1.54) is 12.0 Å². The Morgan fingerprint density at radius 1 is 1.42 bits per heavy atom. The molecule has 1 unspecified atom stereocenters. The molecule has 1 fully saturated rings. The minimum Gasteiger partial charge on any atom is -0.497 e. The summed E-state index contributed by atoms with van der Waals surface area (Å²) in [6.07, 6.45) is 1.21. The molecular formula is C19H32N4O. The van der Waals surface area contributed by atoms with Crippen LogP contribution in [0.4, 0.5) is 0 Å². The van der Waals surface area contributed by atoms with Gasteiger partial charge >= 0.3 is 0 Å². The van der Waals surface area contributed by atoms with Crippen molar-refractivity contribution in [2.24, 2.45) is 10.4 Å². The molecular weight excluding hydrogens is 300 g/mol. The van der Waals surface area contributed by atoms with Crippen molar-refractivity contribution in [1.29, 1.82) is 0 Å². The monoisotopic (exact) mass is 332 g/mol. The van der Waals surface area contributed by atoms with Gasteiger partial charge in [-0.15, -0.1) is 0 Å². The second kappa shape index (κ2) is 7.88. The van der Waals surface area contributed by atoms with E-state index < -0.39 is 0 Å². The quantitative estimate of drug-likeness (QED) is 0.665. The van der Waals surface area contributed by atoms with Crippen molar-refractivity contribution in [2.75, 3.05) is 47.9 Å². The van der Waals surface area contributed by atoms with Crippen molar-refractivity contribution in [1.82, 2.24) is 15.1 Å². The Bertz CT molecular complexity index is 568. The van der Waals surface area contributed by atoms with Gasteiger partial charge in [-0.2, -0.15) is 0 Å². The number of rotatable bonds is 5. The minimum absolute atomic E-state index is 0.257. The van der Waals surface area contributed by atoms with Gasteiger partial charge in [-0.1, -0.05) is 26.0 Å². The molecule has 0 saturated carbocycles. The van der Waals surface area contributed by atoms with E-state index in [0.29, 0.717) is 5.41 Å². The maximum absolute atomic E-state index is 5.36. The zero-order valence-corrected chi connectivity index (χ0v) is 16.0. The summed E-state index contributed by atoms with van der Waals surface area (Å²) in [5.41, 5.74) is 1.61. The fraction of sp³-hybridized carbons (Fsp3) is 0.632. The van der Waals surface area contributed by atoms with Crippen LogP contribution in [0, 0.1) is 5.41 Å². The van der Waals surface area contributed by atoms with Gasteiger partial charge in [-0.3, -0.25) is 4.99 Å². The fourth-order valence-electron chi connectivity index (χ4n) is 3.26. The predicted molar refractivity (Wildman–Crippen MR) is 101 cm³/mol. The van der Waals surface area contributed by atoms with Gasteiger partial charge in [-0.05, 0) is 43.6 Å². The molecule has 134 valence electrons. The van der Waals surface area contributed by atoms with E-state index >= 15 is 0 Å². The Morgan fingerprint density at radius 3 is 2.71 bits per heavy atom. The summed E-state index contributed by atoms with van der Waals surface area (Å²) in [6, 6.07) is 8.54. The highest BCUT2D eigenvalue weighted by molar-refractivity contribution is 5.80. The molecule has 5 heteroatoms. The molecule has 0 aromatic heterocycles. The first-order valence-corrected chi connectivity index (χ1v) is 8.62. The van der Waals surface area contributed by atoms with E-state index in [0.717, 1.165) is 31.3 Å². The Kier molecular flexibility index (Phi) is 6.10. The molecule has 0 radical (unpaired) electrons. The molecule has 0 aliphatic carbocycles. The van der Waals surface area contributed by atoms with Crippen LogP contribution in [-0.4, -0.2) is 63.6 Å². The van der Waals surface area contributed by atoms with Gasteiger partial charge in [0.05, 0.1) is 13.2 Å². The number of benzene rings is 1. The molecule has 1 aliphatic heterocycles. The first kappa shape index (κ1) is 18.6. The van der Waals surface area contributed by atoms with Crippen molar-refractivity contribution in [2.45, 2.75) is 26.3 Å². The lowest BCUT2D eigenvalue weighted by atomic mass is 9.93. The number of likely N-dealkylation sites (N-methyl/N-ethyl adjacent to an activating group) is 1. The summed E-state index contributed by atoms with van der Waals surface area (Å²) in [5, 5.41) is 3.56. The summed E-state index contributed by atoms with van der Waals surface area (Å²) < 4.78 is 5.36. The van der Waals surface area contributed by atoms with Gasteiger partial charge < -0.3 is 19.9 Å². The molecule has 0 bridgehead atoms. The highest BCUT2D eigenvalue weighted by Crippen LogP contribution is 2.29. The van der Waals surface area contributed by atoms with E-state index in [-0.39, 0.29) is 6.04 Å². The third-order valence-corrected chi connectivity index (χ3v) is 4.74. The van der Waals surface area contributed by atoms with Crippen LogP contribution < -0.4 is 10.1 Å². The first-order valence-electron chi connectivity index (χ1n) is 8.62. The van der Waals surface area contributed by atoms with Gasteiger partial charge in [0.15, 0.2) is 5.96 Å². The van der Waals surface area contributed by atoms with Crippen molar-refractivity contribution in [3.63, 3.8) is 0 Å². The number of nitrogens with one attached hydrogen (secondary N) is 1. The fourth-order valence-corrected chi connectivity index (χ4v) is 3.26. The largest absolute Gasteiger partial charge is 0.497 e. The molecule has 5 nitrogen and oxygen atoms in total. The highest BCUT2D eigenvalue weighted by atomic mass is 16.5. The normalized spacial score (nSPS) is 18.8. The van der Waals surface area contributed by atoms with Gasteiger partial charge in [-0.25, -0.2) is 0 Å². The third kappa shape index (κ3) is 4.63. The SMILES string of the molecule is CN=C(NCC(c1cccc(OC)c1)N(C)C)N1CCC(C)(C)C1. The molecule has 1 N–H and O–H groups in total. The van der Waals surface area contributed by atoms with Gasteiger partial charge in [0, 0.05) is 26.7 Å². The van der Waals surface area contributed by atoms with Crippen LogP contribution in [0.25, 0.3) is 0 Å². The van der Waals surface area contributed by atoms with Crippen LogP contribution in [0.5, 0.6) is 5.75 Å². The lowest BCUT2D eigenvalue weighted by molar-refractivity contribution is 0.293. The van der Waals surface area contributed by atoms with Crippen LogP contribution in [-0.2, 0) is 0 Å². The molecule has 24 heavy (non-hydrogen) atoms. The molecule has 1 aromatic rings. The number of guanidine groups is 1. The topological polar surface area (TPSA) is 40.1 Å². The van der Waals surface area contributed by atoms with Crippen LogP contribution in [0.3, 0.4) is 0 Å². The van der Waals surface area contributed by atoms with Crippen molar-refractivity contribution in [3.8, 4) is 5.75 Å². The Morgan fingerprint density at radius 2 is 2.17 bits per heavy atom. The standard InChI is InChI=1S/C19H32N4O/c1-19(2)10-11-23(14-19)18(20-3)21-13-17(22(4)5)15-8-7-9-16(12-15)24-6/h7-9,12,17H,10-11,13-14H2,1-6H3,(H,20,21). The number of hydrogen-bond donors (Lipinski definition) is 1. The average molecular weight is 332 g/mol. The third-order valence-electron chi connectivity index (χ3n) is 4.74. The molecule has 0 spiro atoms. The second-order valence-corrected chi connectivity index (χ2v) is 7.52. The van der Waals surface area contributed by atoms with E-state index in [9.17, 15) is 0 Å². The van der Waals surface area contributed by atoms with Crippen molar-refractivity contribution >= 4 is 5.96 Å². The molecule has 1 saturated heterocycles. The molecule has 1 atom stereocenters. The molecule has 0 amide bonds. The lowest BCUT2D eigenvalue weighted by Gasteiger charge is -2.29. The first-order chi connectivity index (χ1) is 11.4. The number of likely N-dealkylation sites (tertiary alicyclic amines) is 1. The average Bonchev–Trinajstić information content (AvgIpc) is 2.91. The van der Waals surface area contributed by atoms with Gasteiger partial charge in [0.25, 0.3) is 0 Å². The summed E-state index contributed by atoms with van der Waals surface area (Å²) in [7, 11) is 7.78. The van der Waals surface area contributed by atoms with Crippen LogP contribution >= 0.6 is 0 Å². The van der Waals surface area contributed by atoms with Crippen LogP contribution in [0.1, 0.15) is 31.9 Å². The zero-order chi connectivity index (χ0) is 17.7. The van der Waals surface area contributed by atoms with E-state index in [4.69, 9.17) is 4.74 Å². The van der Waals surface area contributed by atoms with Crippen LogP contribution in [0.15, 0.2) is 29.3 Å². The van der Waals surface area contributed by atoms with Gasteiger partial charge in [0.1, 0.15) is 5.75 Å². The number of ether oxygens (including phenoxy) is 1. The Hall–Kier alpha value is -1.75. The maximum Gasteiger partial charge on any atom is 0.193 e. The minimum atomic E-state index is 0.257. The van der Waals surface area contributed by atoms with E-state index in [1.54, 1.807) is 7.11 Å². The second-order valence-electron chi connectivity index (χ2n) is 7.52. The number of methoxy groups -OCH3 is 1. The summed E-state index contributed by atoms with van der Waals surface area (Å²) in [5.74, 6) is 1.89. The number of aliphatic imine (C=N–C) groups is 1. The van der Waals surface area contributed by atoms with E-state index in [2.05, 4.69) is 60.2 Å². The molecule has 1 heterocycles. The number of hydrogen-bond acceptors (Lipinski definition) is 3. The maximum atomic E-state index is 5.36. The van der Waals surface area contributed by atoms with Crippen molar-refractivity contribution in [3.05, 3.63) is 29.8 Å². The summed E-state index contributed by atoms with van der Waals surface area (Å²) in [4.78, 5) is 9.07. The molecule has 1 aliphatic rings. The summed E-state index contributed by atoms with van der Waals surface area (Å²) in [6.45, 7) is 7.57. The lowest BCUT2D eigenvalue weighted by Crippen LogP contribution is -2.44. The molecule has 2 rings (SSSR count). The highest BCUT2D eigenvalue weighted by Gasteiger charge is 2.31. The molecule has 1 aromatic carbocycles.